The van der Waals surface area contributed by atoms with Crippen LogP contribution in [0.4, 0.5) is 5.69 Å². The maximum atomic E-state index is 11.5. The Morgan fingerprint density at radius 3 is 2.56 bits per heavy atom. The van der Waals surface area contributed by atoms with Crippen LogP contribution in [0.1, 0.15) is 25.3 Å². The Kier molecular flexibility index (Phi) is 2.58. The fourth-order valence-corrected chi connectivity index (χ4v) is 2.31. The van der Waals surface area contributed by atoms with E-state index in [2.05, 4.69) is 15.9 Å². The van der Waals surface area contributed by atoms with Gasteiger partial charge in [-0.3, -0.25) is 14.9 Å². The van der Waals surface area contributed by atoms with E-state index in [0.717, 1.165) is 18.4 Å². The van der Waals surface area contributed by atoms with Crippen LogP contribution in [0.5, 0.6) is 0 Å². The van der Waals surface area contributed by atoms with Gasteiger partial charge < -0.3 is 0 Å². The van der Waals surface area contributed by atoms with Crippen LogP contribution in [0, 0.1) is 10.1 Å². The Morgan fingerprint density at radius 1 is 1.50 bits per heavy atom. The maximum Gasteiger partial charge on any atom is 0.283 e. The molecule has 2 rings (SSSR count). The van der Waals surface area contributed by atoms with Gasteiger partial charge in [-0.2, -0.15) is 0 Å². The molecular formula is C11H10BrNO3. The molecule has 1 aromatic rings. The minimum absolute atomic E-state index is 0.0185. The number of hydrogen-bond acceptors (Lipinski definition) is 3. The fourth-order valence-electron chi connectivity index (χ4n) is 1.92. The molecule has 1 aromatic carbocycles. The van der Waals surface area contributed by atoms with Crippen molar-refractivity contribution in [2.75, 3.05) is 0 Å². The van der Waals surface area contributed by atoms with Gasteiger partial charge in [-0.1, -0.05) is 6.07 Å². The van der Waals surface area contributed by atoms with E-state index in [-0.39, 0.29) is 11.5 Å². The standard InChI is InChI=1S/C11H10BrNO3/c1-7(14)11(4-5-11)8-2-3-9(12)10(6-8)13(15)16/h2-3,6H,4-5H2,1H3. The lowest BCUT2D eigenvalue weighted by Crippen LogP contribution is -2.16. The highest BCUT2D eigenvalue weighted by atomic mass is 79.9. The first kappa shape index (κ1) is 11.3. The second-order valence-electron chi connectivity index (χ2n) is 4.06. The first-order chi connectivity index (χ1) is 7.47. The van der Waals surface area contributed by atoms with Gasteiger partial charge in [0.2, 0.25) is 0 Å². The molecule has 1 fully saturated rings. The SMILES string of the molecule is CC(=O)C1(c2ccc(Br)c([N+](=O)[O-])c2)CC1. The Labute approximate surface area is 101 Å². The zero-order valence-electron chi connectivity index (χ0n) is 8.70. The molecule has 0 aliphatic heterocycles. The van der Waals surface area contributed by atoms with Crippen LogP contribution in [0.15, 0.2) is 22.7 Å². The summed E-state index contributed by atoms with van der Waals surface area (Å²) in [6, 6.07) is 4.92. The van der Waals surface area contributed by atoms with Crippen LogP contribution < -0.4 is 0 Å². The Hall–Kier alpha value is -1.23. The highest BCUT2D eigenvalue weighted by Crippen LogP contribution is 2.50. The van der Waals surface area contributed by atoms with E-state index in [4.69, 9.17) is 0 Å². The van der Waals surface area contributed by atoms with Gasteiger partial charge in [-0.05, 0) is 47.3 Å². The van der Waals surface area contributed by atoms with Crippen molar-refractivity contribution in [1.82, 2.24) is 0 Å². The molecule has 1 aliphatic rings. The van der Waals surface area contributed by atoms with Crippen molar-refractivity contribution in [3.05, 3.63) is 38.3 Å². The van der Waals surface area contributed by atoms with Crippen molar-refractivity contribution in [3.8, 4) is 0 Å². The molecular weight excluding hydrogens is 274 g/mol. The molecule has 0 heterocycles. The number of benzene rings is 1. The Morgan fingerprint density at radius 2 is 2.12 bits per heavy atom. The molecule has 0 atom stereocenters. The van der Waals surface area contributed by atoms with E-state index in [9.17, 15) is 14.9 Å². The molecule has 0 aromatic heterocycles. The fraction of sp³-hybridized carbons (Fsp3) is 0.364. The summed E-state index contributed by atoms with van der Waals surface area (Å²) in [7, 11) is 0. The summed E-state index contributed by atoms with van der Waals surface area (Å²) in [5, 5.41) is 10.8. The number of nitro benzene ring substituents is 1. The van der Waals surface area contributed by atoms with Crippen LogP contribution in [0.3, 0.4) is 0 Å². The number of hydrogen-bond donors (Lipinski definition) is 0. The molecule has 84 valence electrons. The number of ketones is 1. The molecule has 0 radical (unpaired) electrons. The Balaban J connectivity index is 2.48. The molecule has 0 bridgehead atoms. The minimum Gasteiger partial charge on any atom is -0.299 e. The summed E-state index contributed by atoms with van der Waals surface area (Å²) < 4.78 is 0.445. The van der Waals surface area contributed by atoms with Crippen molar-refractivity contribution in [1.29, 1.82) is 0 Å². The van der Waals surface area contributed by atoms with Crippen LogP contribution in [-0.4, -0.2) is 10.7 Å². The average Bonchev–Trinajstić information content (AvgIpc) is 2.98. The lowest BCUT2D eigenvalue weighted by atomic mass is 9.92. The van der Waals surface area contributed by atoms with Crippen LogP contribution in [0.25, 0.3) is 0 Å². The van der Waals surface area contributed by atoms with Crippen LogP contribution >= 0.6 is 15.9 Å². The highest BCUT2D eigenvalue weighted by molar-refractivity contribution is 9.10. The summed E-state index contributed by atoms with van der Waals surface area (Å²) >= 11 is 3.13. The van der Waals surface area contributed by atoms with E-state index in [0.29, 0.717) is 4.47 Å². The number of nitro groups is 1. The molecule has 0 spiro atoms. The Bertz CT molecular complexity index is 480. The highest BCUT2D eigenvalue weighted by Gasteiger charge is 2.49. The number of Topliss-reactive ketones (excluding diaryl/α,β-unsaturated/α-hetero) is 1. The molecule has 5 heteroatoms. The van der Waals surface area contributed by atoms with Gasteiger partial charge in [0.05, 0.1) is 14.8 Å². The third-order valence-corrected chi connectivity index (χ3v) is 3.79. The molecule has 0 saturated heterocycles. The number of carbonyl (C=O) groups excluding carboxylic acids is 1. The van der Waals surface area contributed by atoms with Crippen molar-refractivity contribution in [2.45, 2.75) is 25.2 Å². The first-order valence-electron chi connectivity index (χ1n) is 4.93. The van der Waals surface area contributed by atoms with E-state index in [1.165, 1.54) is 6.07 Å². The van der Waals surface area contributed by atoms with Gasteiger partial charge in [0.1, 0.15) is 5.78 Å². The van der Waals surface area contributed by atoms with E-state index >= 15 is 0 Å². The van der Waals surface area contributed by atoms with E-state index < -0.39 is 10.3 Å². The van der Waals surface area contributed by atoms with Gasteiger partial charge in [0.15, 0.2) is 0 Å². The second-order valence-corrected chi connectivity index (χ2v) is 4.92. The monoisotopic (exact) mass is 283 g/mol. The normalized spacial score (nSPS) is 16.9. The minimum atomic E-state index is -0.453. The summed E-state index contributed by atoms with van der Waals surface area (Å²) in [6.45, 7) is 1.54. The zero-order valence-corrected chi connectivity index (χ0v) is 10.3. The average molecular weight is 284 g/mol. The molecule has 0 N–H and O–H groups in total. The van der Waals surface area contributed by atoms with Crippen molar-refractivity contribution in [3.63, 3.8) is 0 Å². The van der Waals surface area contributed by atoms with Crippen LogP contribution in [0.2, 0.25) is 0 Å². The topological polar surface area (TPSA) is 60.2 Å². The number of carbonyl (C=O) groups is 1. The van der Waals surface area contributed by atoms with Gasteiger partial charge in [0, 0.05) is 6.07 Å². The van der Waals surface area contributed by atoms with Crippen molar-refractivity contribution < 1.29 is 9.72 Å². The predicted octanol–water partition coefficient (Wildman–Crippen LogP) is 2.98. The van der Waals surface area contributed by atoms with Crippen molar-refractivity contribution >= 4 is 27.4 Å². The smallest absolute Gasteiger partial charge is 0.283 e. The largest absolute Gasteiger partial charge is 0.299 e. The molecule has 0 amide bonds. The number of halogens is 1. The maximum absolute atomic E-state index is 11.5. The molecule has 1 saturated carbocycles. The molecule has 1 aliphatic carbocycles. The summed E-state index contributed by atoms with van der Waals surface area (Å²) in [4.78, 5) is 21.9. The third-order valence-electron chi connectivity index (χ3n) is 3.12. The molecule has 0 unspecified atom stereocenters. The summed E-state index contributed by atoms with van der Waals surface area (Å²) in [5.41, 5.74) is 0.325. The van der Waals surface area contributed by atoms with Gasteiger partial charge in [0.25, 0.3) is 5.69 Å². The predicted molar refractivity (Wildman–Crippen MR) is 62.4 cm³/mol. The lowest BCUT2D eigenvalue weighted by molar-refractivity contribution is -0.385. The summed E-state index contributed by atoms with van der Waals surface area (Å²) in [6.07, 6.45) is 1.59. The van der Waals surface area contributed by atoms with Gasteiger partial charge in [-0.15, -0.1) is 0 Å². The van der Waals surface area contributed by atoms with Gasteiger partial charge >= 0.3 is 0 Å². The second kappa shape index (κ2) is 3.66. The van der Waals surface area contributed by atoms with E-state index in [1.807, 2.05) is 0 Å². The first-order valence-corrected chi connectivity index (χ1v) is 5.72. The van der Waals surface area contributed by atoms with Crippen LogP contribution in [-0.2, 0) is 10.2 Å². The molecule has 4 nitrogen and oxygen atoms in total. The number of rotatable bonds is 3. The van der Waals surface area contributed by atoms with E-state index in [1.54, 1.807) is 19.1 Å². The number of nitrogens with zero attached hydrogens (tertiary/aromatic N) is 1. The molecule has 16 heavy (non-hydrogen) atoms. The lowest BCUT2D eigenvalue weighted by Gasteiger charge is -2.11. The third kappa shape index (κ3) is 1.65. The summed E-state index contributed by atoms with van der Waals surface area (Å²) in [5.74, 6) is 0.0871. The van der Waals surface area contributed by atoms with Crippen molar-refractivity contribution in [2.24, 2.45) is 0 Å². The quantitative estimate of drug-likeness (QED) is 0.633. The van der Waals surface area contributed by atoms with Gasteiger partial charge in [-0.25, -0.2) is 0 Å². The zero-order chi connectivity index (χ0) is 11.9.